The molecule has 0 unspecified atom stereocenters. The van der Waals surface area contributed by atoms with Gasteiger partial charge in [0.15, 0.2) is 0 Å². The third kappa shape index (κ3) is 4.08. The minimum atomic E-state index is -0.121. The van der Waals surface area contributed by atoms with Crippen LogP contribution in [0, 0.1) is 0 Å². The molecule has 2 aromatic heterocycles. The summed E-state index contributed by atoms with van der Waals surface area (Å²) in [7, 11) is 0. The van der Waals surface area contributed by atoms with Crippen LogP contribution >= 0.6 is 11.3 Å². The fourth-order valence-electron chi connectivity index (χ4n) is 2.55. The minimum Gasteiger partial charge on any atom is -0.351 e. The Labute approximate surface area is 144 Å². The van der Waals surface area contributed by atoms with Gasteiger partial charge in [0.1, 0.15) is 0 Å². The number of nitrogens with one attached hydrogen (secondary N) is 1. The molecule has 2 amide bonds. The molecule has 0 bridgehead atoms. The second-order valence-electron chi connectivity index (χ2n) is 5.40. The Bertz CT molecular complexity index is 669. The fourth-order valence-corrected chi connectivity index (χ4v) is 3.19. The summed E-state index contributed by atoms with van der Waals surface area (Å²) in [6.07, 6.45) is 3.76. The van der Waals surface area contributed by atoms with Crippen LogP contribution in [-0.2, 0) is 4.79 Å². The SMILES string of the molecule is O=C(NCCC(=O)N1CCN(c2ncccn2)CC1)c1cccs1. The van der Waals surface area contributed by atoms with Crippen molar-refractivity contribution in [3.05, 3.63) is 40.8 Å². The van der Waals surface area contributed by atoms with E-state index in [2.05, 4.69) is 20.2 Å². The van der Waals surface area contributed by atoms with Crippen molar-refractivity contribution in [3.8, 4) is 0 Å². The van der Waals surface area contributed by atoms with Gasteiger partial charge >= 0.3 is 0 Å². The number of hydrogen-bond donors (Lipinski definition) is 1. The average Bonchev–Trinajstić information content (AvgIpc) is 3.17. The van der Waals surface area contributed by atoms with Gasteiger partial charge in [-0.3, -0.25) is 9.59 Å². The highest BCUT2D eigenvalue weighted by Gasteiger charge is 2.22. The average molecular weight is 345 g/mol. The molecule has 126 valence electrons. The van der Waals surface area contributed by atoms with E-state index < -0.39 is 0 Å². The maximum atomic E-state index is 12.2. The second kappa shape index (κ2) is 7.87. The Hall–Kier alpha value is -2.48. The number of hydrogen-bond acceptors (Lipinski definition) is 6. The van der Waals surface area contributed by atoms with Crippen molar-refractivity contribution in [2.75, 3.05) is 37.6 Å². The van der Waals surface area contributed by atoms with E-state index in [9.17, 15) is 9.59 Å². The molecule has 0 atom stereocenters. The molecule has 1 aliphatic heterocycles. The van der Waals surface area contributed by atoms with Crippen molar-refractivity contribution in [3.63, 3.8) is 0 Å². The van der Waals surface area contributed by atoms with E-state index in [0.29, 0.717) is 36.9 Å². The zero-order valence-electron chi connectivity index (χ0n) is 13.2. The van der Waals surface area contributed by atoms with Crippen LogP contribution in [0.5, 0.6) is 0 Å². The largest absolute Gasteiger partial charge is 0.351 e. The van der Waals surface area contributed by atoms with E-state index in [4.69, 9.17) is 0 Å². The lowest BCUT2D eigenvalue weighted by Gasteiger charge is -2.34. The number of thiophene rings is 1. The lowest BCUT2D eigenvalue weighted by atomic mass is 10.2. The van der Waals surface area contributed by atoms with Crippen molar-refractivity contribution in [1.82, 2.24) is 20.2 Å². The van der Waals surface area contributed by atoms with E-state index in [1.165, 1.54) is 11.3 Å². The van der Waals surface area contributed by atoms with E-state index in [-0.39, 0.29) is 11.8 Å². The van der Waals surface area contributed by atoms with Gasteiger partial charge in [-0.1, -0.05) is 6.07 Å². The standard InChI is InChI=1S/C16H19N5O2S/c22-14(4-7-17-15(23)13-3-1-12-24-13)20-8-10-21(11-9-20)16-18-5-2-6-19-16/h1-3,5-6,12H,4,7-11H2,(H,17,23). The first-order chi connectivity index (χ1) is 11.7. The van der Waals surface area contributed by atoms with Crippen LogP contribution in [0.25, 0.3) is 0 Å². The summed E-state index contributed by atoms with van der Waals surface area (Å²) < 4.78 is 0. The maximum absolute atomic E-state index is 12.2. The van der Waals surface area contributed by atoms with Gasteiger partial charge in [-0.25, -0.2) is 9.97 Å². The van der Waals surface area contributed by atoms with Crippen LogP contribution in [0.4, 0.5) is 5.95 Å². The van der Waals surface area contributed by atoms with Crippen LogP contribution < -0.4 is 10.2 Å². The summed E-state index contributed by atoms with van der Waals surface area (Å²) in [6, 6.07) is 5.39. The number of nitrogens with zero attached hydrogens (tertiary/aromatic N) is 4. The Balaban J connectivity index is 1.40. The summed E-state index contributed by atoms with van der Waals surface area (Å²) in [5.74, 6) is 0.645. The summed E-state index contributed by atoms with van der Waals surface area (Å²) in [4.78, 5) is 37.1. The van der Waals surface area contributed by atoms with Crippen LogP contribution in [0.15, 0.2) is 36.0 Å². The Morgan fingerprint density at radius 3 is 2.54 bits per heavy atom. The highest BCUT2D eigenvalue weighted by atomic mass is 32.1. The summed E-state index contributed by atoms with van der Waals surface area (Å²) in [5.41, 5.74) is 0. The minimum absolute atomic E-state index is 0.0649. The molecular weight excluding hydrogens is 326 g/mol. The van der Waals surface area contributed by atoms with E-state index in [0.717, 1.165) is 13.1 Å². The molecule has 1 fully saturated rings. The monoisotopic (exact) mass is 345 g/mol. The van der Waals surface area contributed by atoms with Crippen LogP contribution in [0.3, 0.4) is 0 Å². The Morgan fingerprint density at radius 1 is 1.12 bits per heavy atom. The molecule has 0 aliphatic carbocycles. The molecule has 2 aromatic rings. The predicted molar refractivity (Wildman–Crippen MR) is 92.1 cm³/mol. The first-order valence-corrected chi connectivity index (χ1v) is 8.73. The summed E-state index contributed by atoms with van der Waals surface area (Å²) >= 11 is 1.39. The van der Waals surface area contributed by atoms with Gasteiger partial charge in [0.05, 0.1) is 4.88 Å². The third-order valence-electron chi connectivity index (χ3n) is 3.84. The molecule has 1 N–H and O–H groups in total. The Morgan fingerprint density at radius 2 is 1.88 bits per heavy atom. The quantitative estimate of drug-likeness (QED) is 0.875. The highest BCUT2D eigenvalue weighted by molar-refractivity contribution is 7.12. The highest BCUT2D eigenvalue weighted by Crippen LogP contribution is 2.11. The molecule has 7 nitrogen and oxygen atoms in total. The molecule has 3 heterocycles. The molecule has 1 aliphatic rings. The molecule has 3 rings (SSSR count). The van der Waals surface area contributed by atoms with Crippen molar-refractivity contribution >= 4 is 29.1 Å². The normalized spacial score (nSPS) is 14.5. The van der Waals surface area contributed by atoms with Crippen molar-refractivity contribution in [2.24, 2.45) is 0 Å². The van der Waals surface area contributed by atoms with Crippen molar-refractivity contribution < 1.29 is 9.59 Å². The van der Waals surface area contributed by atoms with Gasteiger partial charge < -0.3 is 15.1 Å². The van der Waals surface area contributed by atoms with Gasteiger partial charge in [0, 0.05) is 51.5 Å². The number of aromatic nitrogens is 2. The molecule has 0 aromatic carbocycles. The number of carbonyl (C=O) groups excluding carboxylic acids is 2. The lowest BCUT2D eigenvalue weighted by molar-refractivity contribution is -0.131. The van der Waals surface area contributed by atoms with Gasteiger partial charge in [0.25, 0.3) is 5.91 Å². The summed E-state index contributed by atoms with van der Waals surface area (Å²) in [5, 5.41) is 4.64. The fraction of sp³-hybridized carbons (Fsp3) is 0.375. The Kier molecular flexibility index (Phi) is 5.37. The van der Waals surface area contributed by atoms with Gasteiger partial charge in [-0.05, 0) is 17.5 Å². The maximum Gasteiger partial charge on any atom is 0.261 e. The van der Waals surface area contributed by atoms with Gasteiger partial charge in [0.2, 0.25) is 11.9 Å². The first kappa shape index (κ1) is 16.4. The van der Waals surface area contributed by atoms with Crippen LogP contribution in [0.2, 0.25) is 0 Å². The van der Waals surface area contributed by atoms with Crippen molar-refractivity contribution in [2.45, 2.75) is 6.42 Å². The first-order valence-electron chi connectivity index (χ1n) is 7.85. The van der Waals surface area contributed by atoms with Gasteiger partial charge in [-0.2, -0.15) is 0 Å². The third-order valence-corrected chi connectivity index (χ3v) is 4.71. The van der Waals surface area contributed by atoms with Crippen molar-refractivity contribution in [1.29, 1.82) is 0 Å². The molecule has 24 heavy (non-hydrogen) atoms. The molecule has 8 heteroatoms. The number of rotatable bonds is 5. The summed E-state index contributed by atoms with van der Waals surface area (Å²) in [6.45, 7) is 3.10. The topological polar surface area (TPSA) is 78.4 Å². The number of amides is 2. The molecule has 0 saturated carbocycles. The van der Waals surface area contributed by atoms with Crippen LogP contribution in [0.1, 0.15) is 16.1 Å². The molecular formula is C16H19N5O2S. The van der Waals surface area contributed by atoms with E-state index in [1.54, 1.807) is 24.5 Å². The zero-order valence-corrected chi connectivity index (χ0v) is 14.0. The lowest BCUT2D eigenvalue weighted by Crippen LogP contribution is -2.49. The van der Waals surface area contributed by atoms with Gasteiger partial charge in [-0.15, -0.1) is 11.3 Å². The zero-order chi connectivity index (χ0) is 16.8. The molecule has 0 radical (unpaired) electrons. The second-order valence-corrected chi connectivity index (χ2v) is 6.35. The van der Waals surface area contributed by atoms with E-state index >= 15 is 0 Å². The smallest absolute Gasteiger partial charge is 0.261 e. The number of anilines is 1. The van der Waals surface area contributed by atoms with Crippen LogP contribution in [-0.4, -0.2) is 59.4 Å². The number of carbonyl (C=O) groups is 2. The molecule has 0 spiro atoms. The number of piperazine rings is 1. The van der Waals surface area contributed by atoms with E-state index in [1.807, 2.05) is 16.3 Å². The molecule has 1 saturated heterocycles. The predicted octanol–water partition coefficient (Wildman–Crippen LogP) is 1.01.